The number of hydrogen-bond donors (Lipinski definition) is 0. The summed E-state index contributed by atoms with van der Waals surface area (Å²) >= 11 is 1.89. The van der Waals surface area contributed by atoms with Crippen LogP contribution in [0.4, 0.5) is 0 Å². The van der Waals surface area contributed by atoms with Gasteiger partial charge in [-0.3, -0.25) is 4.79 Å². The average Bonchev–Trinajstić information content (AvgIpc) is 2.14. The summed E-state index contributed by atoms with van der Waals surface area (Å²) in [6, 6.07) is 0. The molecule has 0 aromatic heterocycles. The van der Waals surface area contributed by atoms with Gasteiger partial charge in [0, 0.05) is 11.2 Å². The van der Waals surface area contributed by atoms with Gasteiger partial charge in [0.15, 0.2) is 0 Å². The van der Waals surface area contributed by atoms with Crippen LogP contribution in [0.1, 0.15) is 46.5 Å². The molecule has 0 heterocycles. The summed E-state index contributed by atoms with van der Waals surface area (Å²) in [5, 5.41) is 0.751. The van der Waals surface area contributed by atoms with Crippen LogP contribution in [0.2, 0.25) is 0 Å². The number of rotatable bonds is 4. The summed E-state index contributed by atoms with van der Waals surface area (Å²) in [6.45, 7) is 6.32. The predicted molar refractivity (Wildman–Crippen MR) is 63.7 cm³/mol. The highest BCUT2D eigenvalue weighted by Crippen LogP contribution is 2.32. The van der Waals surface area contributed by atoms with Crippen LogP contribution in [-0.2, 0) is 4.79 Å². The second-order valence-electron chi connectivity index (χ2n) is 4.83. The maximum atomic E-state index is 11.4. The monoisotopic (exact) mass is 214 g/mol. The van der Waals surface area contributed by atoms with Crippen LogP contribution >= 0.6 is 11.8 Å². The molecule has 0 bridgehead atoms. The van der Waals surface area contributed by atoms with Crippen molar-refractivity contribution in [2.75, 3.05) is 5.75 Å². The Balaban J connectivity index is 2.20. The molecule has 82 valence electrons. The van der Waals surface area contributed by atoms with Crippen LogP contribution in [0.25, 0.3) is 0 Å². The first-order chi connectivity index (χ1) is 6.59. The van der Waals surface area contributed by atoms with E-state index in [-0.39, 0.29) is 5.92 Å². The van der Waals surface area contributed by atoms with Gasteiger partial charge in [-0.05, 0) is 18.8 Å². The molecule has 2 atom stereocenters. The Kier molecular flexibility index (Phi) is 5.00. The topological polar surface area (TPSA) is 17.1 Å². The molecule has 0 spiro atoms. The zero-order valence-corrected chi connectivity index (χ0v) is 10.4. The van der Waals surface area contributed by atoms with Crippen molar-refractivity contribution in [2.45, 2.75) is 51.7 Å². The van der Waals surface area contributed by atoms with Crippen molar-refractivity contribution in [1.29, 1.82) is 0 Å². The lowest BCUT2D eigenvalue weighted by molar-refractivity contribution is -0.119. The Hall–Kier alpha value is 0.0200. The quantitative estimate of drug-likeness (QED) is 0.712. The fourth-order valence-corrected chi connectivity index (χ4v) is 3.43. The molecular weight excluding hydrogens is 192 g/mol. The molecule has 0 N–H and O–H groups in total. The Morgan fingerprint density at radius 2 is 2.14 bits per heavy atom. The van der Waals surface area contributed by atoms with Gasteiger partial charge in [0.25, 0.3) is 0 Å². The second kappa shape index (κ2) is 5.79. The van der Waals surface area contributed by atoms with E-state index in [1.54, 1.807) is 0 Å². The highest BCUT2D eigenvalue weighted by molar-refractivity contribution is 8.00. The molecule has 0 amide bonds. The summed E-state index contributed by atoms with van der Waals surface area (Å²) in [7, 11) is 0. The highest BCUT2D eigenvalue weighted by Gasteiger charge is 2.20. The van der Waals surface area contributed by atoms with Gasteiger partial charge in [-0.25, -0.2) is 0 Å². The Morgan fingerprint density at radius 1 is 1.43 bits per heavy atom. The molecule has 0 aliphatic heterocycles. The van der Waals surface area contributed by atoms with Crippen molar-refractivity contribution in [1.82, 2.24) is 0 Å². The molecule has 2 unspecified atom stereocenters. The van der Waals surface area contributed by atoms with Crippen LogP contribution in [0, 0.1) is 11.8 Å². The number of thioether (sulfide) groups is 1. The summed E-state index contributed by atoms with van der Waals surface area (Å²) in [5.41, 5.74) is 0. The Labute approximate surface area is 92.0 Å². The first-order valence-electron chi connectivity index (χ1n) is 5.74. The number of carbonyl (C=O) groups excluding carboxylic acids is 1. The van der Waals surface area contributed by atoms with Gasteiger partial charge in [-0.15, -0.1) is 0 Å². The summed E-state index contributed by atoms with van der Waals surface area (Å²) < 4.78 is 0. The van der Waals surface area contributed by atoms with E-state index in [1.165, 1.54) is 25.7 Å². The number of hydrogen-bond acceptors (Lipinski definition) is 2. The third kappa shape index (κ3) is 4.04. The molecule has 0 radical (unpaired) electrons. The number of Topliss-reactive ketones (excluding diaryl/α,β-unsaturated/α-hetero) is 1. The van der Waals surface area contributed by atoms with E-state index in [0.717, 1.165) is 16.9 Å². The smallest absolute Gasteiger partial charge is 0.145 e. The largest absolute Gasteiger partial charge is 0.298 e. The summed E-state index contributed by atoms with van der Waals surface area (Å²) in [6.07, 6.45) is 5.38. The lowest BCUT2D eigenvalue weighted by Gasteiger charge is -2.26. The van der Waals surface area contributed by atoms with E-state index in [4.69, 9.17) is 0 Å². The van der Waals surface area contributed by atoms with E-state index in [2.05, 4.69) is 6.92 Å². The van der Waals surface area contributed by atoms with Gasteiger partial charge in [-0.1, -0.05) is 33.6 Å². The molecule has 2 heteroatoms. The molecule has 0 saturated heterocycles. The van der Waals surface area contributed by atoms with Crippen molar-refractivity contribution in [3.63, 3.8) is 0 Å². The SMILES string of the molecule is CC1CCCC(SCC(=O)C(C)C)C1. The van der Waals surface area contributed by atoms with E-state index in [0.29, 0.717) is 5.78 Å². The Morgan fingerprint density at radius 3 is 2.71 bits per heavy atom. The molecule has 1 aliphatic rings. The number of ketones is 1. The maximum Gasteiger partial charge on any atom is 0.145 e. The average molecular weight is 214 g/mol. The fourth-order valence-electron chi connectivity index (χ4n) is 1.90. The molecule has 0 aromatic rings. The second-order valence-corrected chi connectivity index (χ2v) is 6.11. The lowest BCUT2D eigenvalue weighted by Crippen LogP contribution is -2.18. The van der Waals surface area contributed by atoms with Crippen LogP contribution in [0.15, 0.2) is 0 Å². The van der Waals surface area contributed by atoms with E-state index in [1.807, 2.05) is 25.6 Å². The van der Waals surface area contributed by atoms with E-state index >= 15 is 0 Å². The van der Waals surface area contributed by atoms with Gasteiger partial charge < -0.3 is 0 Å². The van der Waals surface area contributed by atoms with Gasteiger partial charge in [0.05, 0.1) is 5.75 Å². The van der Waals surface area contributed by atoms with Crippen molar-refractivity contribution >= 4 is 17.5 Å². The van der Waals surface area contributed by atoms with E-state index in [9.17, 15) is 4.79 Å². The maximum absolute atomic E-state index is 11.4. The third-order valence-electron chi connectivity index (χ3n) is 2.99. The summed E-state index contributed by atoms with van der Waals surface area (Å²) in [4.78, 5) is 11.4. The van der Waals surface area contributed by atoms with Gasteiger partial charge in [0.1, 0.15) is 5.78 Å². The minimum Gasteiger partial charge on any atom is -0.298 e. The van der Waals surface area contributed by atoms with Gasteiger partial charge >= 0.3 is 0 Å². The normalized spacial score (nSPS) is 28.0. The van der Waals surface area contributed by atoms with E-state index < -0.39 is 0 Å². The number of carbonyl (C=O) groups is 1. The molecular formula is C12H22OS. The molecule has 1 nitrogen and oxygen atoms in total. The summed E-state index contributed by atoms with van der Waals surface area (Å²) in [5.74, 6) is 2.22. The molecule has 1 aliphatic carbocycles. The highest BCUT2D eigenvalue weighted by atomic mass is 32.2. The van der Waals surface area contributed by atoms with Crippen molar-refractivity contribution < 1.29 is 4.79 Å². The fraction of sp³-hybridized carbons (Fsp3) is 0.917. The van der Waals surface area contributed by atoms with Crippen LogP contribution in [0.3, 0.4) is 0 Å². The Bertz CT molecular complexity index is 189. The first kappa shape index (κ1) is 12.1. The van der Waals surface area contributed by atoms with Crippen molar-refractivity contribution in [2.24, 2.45) is 11.8 Å². The third-order valence-corrected chi connectivity index (χ3v) is 4.34. The zero-order valence-electron chi connectivity index (χ0n) is 9.58. The standard InChI is InChI=1S/C12H22OS/c1-9(2)12(13)8-14-11-6-4-5-10(3)7-11/h9-11H,4-8H2,1-3H3. The van der Waals surface area contributed by atoms with Crippen LogP contribution in [-0.4, -0.2) is 16.8 Å². The molecule has 14 heavy (non-hydrogen) atoms. The lowest BCUT2D eigenvalue weighted by atomic mass is 9.91. The predicted octanol–water partition coefficient (Wildman–Crippen LogP) is 3.52. The van der Waals surface area contributed by atoms with Crippen molar-refractivity contribution in [3.05, 3.63) is 0 Å². The minimum absolute atomic E-state index is 0.212. The van der Waals surface area contributed by atoms with Crippen LogP contribution in [0.5, 0.6) is 0 Å². The molecule has 1 fully saturated rings. The first-order valence-corrected chi connectivity index (χ1v) is 6.78. The zero-order chi connectivity index (χ0) is 10.6. The molecule has 0 aromatic carbocycles. The molecule has 1 rings (SSSR count). The minimum atomic E-state index is 0.212. The van der Waals surface area contributed by atoms with Gasteiger partial charge in [-0.2, -0.15) is 11.8 Å². The van der Waals surface area contributed by atoms with Gasteiger partial charge in [0.2, 0.25) is 0 Å². The molecule has 1 saturated carbocycles. The van der Waals surface area contributed by atoms with Crippen molar-refractivity contribution in [3.8, 4) is 0 Å². The van der Waals surface area contributed by atoms with Crippen LogP contribution < -0.4 is 0 Å².